The summed E-state index contributed by atoms with van der Waals surface area (Å²) in [5.41, 5.74) is 14.2. The van der Waals surface area contributed by atoms with Gasteiger partial charge in [0.1, 0.15) is 0 Å². The molecule has 10 nitrogen and oxygen atoms in total. The maximum atomic E-state index is 5.46. The Morgan fingerprint density at radius 1 is 0.183 bits per heavy atom. The zero-order valence-electron chi connectivity index (χ0n) is 43.9. The Balaban J connectivity index is 0.884. The zero-order valence-corrected chi connectivity index (χ0v) is 43.9. The van der Waals surface area contributed by atoms with Crippen molar-refractivity contribution in [1.82, 2.24) is 48.2 Å². The van der Waals surface area contributed by atoms with Gasteiger partial charge in [-0.1, -0.05) is 218 Å². The van der Waals surface area contributed by atoms with Gasteiger partial charge in [-0.3, -0.25) is 18.3 Å². The molecule has 0 saturated heterocycles. The van der Waals surface area contributed by atoms with Gasteiger partial charge in [0.15, 0.2) is 11.6 Å². The number of para-hydroxylation sites is 6. The molecule has 382 valence electrons. The van der Waals surface area contributed by atoms with Gasteiger partial charge in [-0.25, -0.2) is 0 Å². The highest BCUT2D eigenvalue weighted by Gasteiger charge is 2.26. The van der Waals surface area contributed by atoms with Crippen LogP contribution >= 0.6 is 0 Å². The van der Waals surface area contributed by atoms with Gasteiger partial charge in [0.2, 0.25) is 23.8 Å². The van der Waals surface area contributed by atoms with E-state index in [0.717, 1.165) is 121 Å². The summed E-state index contributed by atoms with van der Waals surface area (Å²) in [7, 11) is 0. The third-order valence-corrected chi connectivity index (χ3v) is 16.2. The Hall–Kier alpha value is -11.4. The van der Waals surface area contributed by atoms with E-state index in [1.807, 2.05) is 36.4 Å². The lowest BCUT2D eigenvalue weighted by atomic mass is 9.90. The van der Waals surface area contributed by atoms with E-state index in [4.69, 9.17) is 29.9 Å². The number of nitrogens with zero attached hydrogens (tertiary/aromatic N) is 10. The van der Waals surface area contributed by atoms with Gasteiger partial charge in [-0.2, -0.15) is 29.9 Å². The highest BCUT2D eigenvalue weighted by atomic mass is 15.3. The Morgan fingerprint density at radius 3 is 0.768 bits per heavy atom. The van der Waals surface area contributed by atoms with E-state index in [9.17, 15) is 0 Å². The minimum atomic E-state index is 0.523. The molecule has 0 aliphatic carbocycles. The summed E-state index contributed by atoms with van der Waals surface area (Å²) in [5.74, 6) is 3.29. The fourth-order valence-electron chi connectivity index (χ4n) is 12.7. The fraction of sp³-hybridized carbons (Fsp3) is 0. The average molecular weight is 1050 g/mol. The molecular weight excluding hydrogens is 1000 g/mol. The van der Waals surface area contributed by atoms with E-state index >= 15 is 0 Å². The van der Waals surface area contributed by atoms with Crippen LogP contribution in [-0.4, -0.2) is 48.2 Å². The molecule has 11 aromatic carbocycles. The first-order valence-electron chi connectivity index (χ1n) is 27.5. The molecule has 0 unspecified atom stereocenters. The first kappa shape index (κ1) is 45.6. The molecule has 0 amide bonds. The number of benzene rings is 11. The highest BCUT2D eigenvalue weighted by Crippen LogP contribution is 2.46. The van der Waals surface area contributed by atoms with Crippen molar-refractivity contribution in [3.8, 4) is 68.8 Å². The van der Waals surface area contributed by atoms with Gasteiger partial charge in [0.25, 0.3) is 0 Å². The first-order valence-corrected chi connectivity index (χ1v) is 27.5. The van der Waals surface area contributed by atoms with E-state index in [2.05, 4.69) is 249 Å². The second-order valence-electron chi connectivity index (χ2n) is 20.6. The first-order chi connectivity index (χ1) is 40.7. The van der Waals surface area contributed by atoms with Crippen molar-refractivity contribution in [3.63, 3.8) is 0 Å². The van der Waals surface area contributed by atoms with E-state index in [1.165, 1.54) is 0 Å². The molecule has 0 spiro atoms. The molecule has 17 aromatic rings. The molecule has 0 bridgehead atoms. The summed E-state index contributed by atoms with van der Waals surface area (Å²) in [6.45, 7) is 0. The Morgan fingerprint density at radius 2 is 0.427 bits per heavy atom. The van der Waals surface area contributed by atoms with Crippen molar-refractivity contribution in [2.45, 2.75) is 0 Å². The van der Waals surface area contributed by atoms with Crippen molar-refractivity contribution >= 4 is 87.2 Å². The molecule has 0 radical (unpaired) electrons. The second kappa shape index (κ2) is 18.1. The van der Waals surface area contributed by atoms with E-state index in [-0.39, 0.29) is 0 Å². The van der Waals surface area contributed by atoms with Crippen LogP contribution in [0.5, 0.6) is 0 Å². The Bertz CT molecular complexity index is 4970. The molecule has 6 heterocycles. The van der Waals surface area contributed by atoms with Gasteiger partial charge in [0.05, 0.1) is 44.1 Å². The zero-order chi connectivity index (χ0) is 53.8. The molecule has 0 aliphatic rings. The molecule has 10 heteroatoms. The third-order valence-electron chi connectivity index (χ3n) is 16.2. The van der Waals surface area contributed by atoms with Crippen LogP contribution in [0.4, 0.5) is 0 Å². The van der Waals surface area contributed by atoms with Gasteiger partial charge >= 0.3 is 0 Å². The second-order valence-corrected chi connectivity index (χ2v) is 20.6. The van der Waals surface area contributed by atoms with Gasteiger partial charge in [0, 0.05) is 54.2 Å². The summed E-state index contributed by atoms with van der Waals surface area (Å²) >= 11 is 0. The van der Waals surface area contributed by atoms with Crippen LogP contribution in [0.3, 0.4) is 0 Å². The normalized spacial score (nSPS) is 11.9. The molecule has 17 rings (SSSR count). The summed E-state index contributed by atoms with van der Waals surface area (Å²) in [6, 6.07) is 93.4. The largest absolute Gasteiger partial charge is 0.278 e. The predicted molar refractivity (Wildman–Crippen MR) is 332 cm³/mol. The molecule has 0 fully saturated rings. The molecule has 82 heavy (non-hydrogen) atoms. The fourth-order valence-corrected chi connectivity index (χ4v) is 12.7. The Kier molecular flexibility index (Phi) is 10.1. The molecule has 0 aliphatic heterocycles. The molecule has 0 atom stereocenters. The average Bonchev–Trinajstić information content (AvgIpc) is 4.43. The number of hydrogen-bond acceptors (Lipinski definition) is 6. The van der Waals surface area contributed by atoms with Crippen LogP contribution < -0.4 is 0 Å². The van der Waals surface area contributed by atoms with Crippen LogP contribution in [0.25, 0.3) is 156 Å². The van der Waals surface area contributed by atoms with E-state index < -0.39 is 0 Å². The van der Waals surface area contributed by atoms with Crippen LogP contribution in [0, 0.1) is 0 Å². The van der Waals surface area contributed by atoms with Crippen molar-refractivity contribution in [1.29, 1.82) is 0 Å². The topological polar surface area (TPSA) is 97.1 Å². The summed E-state index contributed by atoms with van der Waals surface area (Å²) < 4.78 is 8.76. The number of aromatic nitrogens is 10. The summed E-state index contributed by atoms with van der Waals surface area (Å²) in [5, 5.41) is 8.89. The quantitative estimate of drug-likeness (QED) is 0.150. The maximum Gasteiger partial charge on any atom is 0.240 e. The maximum absolute atomic E-state index is 5.46. The van der Waals surface area contributed by atoms with E-state index in [1.54, 1.807) is 0 Å². The number of hydrogen-bond donors (Lipinski definition) is 0. The van der Waals surface area contributed by atoms with Crippen LogP contribution in [0.1, 0.15) is 0 Å². The van der Waals surface area contributed by atoms with Gasteiger partial charge in [-0.05, 0) is 70.8 Å². The van der Waals surface area contributed by atoms with E-state index in [0.29, 0.717) is 35.4 Å². The molecule has 0 N–H and O–H groups in total. The molecule has 0 saturated carbocycles. The predicted octanol–water partition coefficient (Wildman–Crippen LogP) is 17.1. The van der Waals surface area contributed by atoms with Gasteiger partial charge < -0.3 is 0 Å². The lowest BCUT2D eigenvalue weighted by Crippen LogP contribution is -2.10. The number of rotatable bonds is 8. The lowest BCUT2D eigenvalue weighted by Gasteiger charge is -2.15. The minimum Gasteiger partial charge on any atom is -0.278 e. The summed E-state index contributed by atoms with van der Waals surface area (Å²) in [6.07, 6.45) is 0. The third kappa shape index (κ3) is 6.88. The van der Waals surface area contributed by atoms with Crippen molar-refractivity contribution in [2.75, 3.05) is 0 Å². The number of fused-ring (bicyclic) bond motifs is 12. The molecular formula is C72H44N10. The molecule has 6 aromatic heterocycles. The van der Waals surface area contributed by atoms with Crippen molar-refractivity contribution < 1.29 is 0 Å². The van der Waals surface area contributed by atoms with Gasteiger partial charge in [-0.15, -0.1) is 0 Å². The van der Waals surface area contributed by atoms with Crippen LogP contribution in [0.2, 0.25) is 0 Å². The van der Waals surface area contributed by atoms with Crippen molar-refractivity contribution in [3.05, 3.63) is 267 Å². The smallest absolute Gasteiger partial charge is 0.240 e. The highest BCUT2D eigenvalue weighted by molar-refractivity contribution is 6.20. The lowest BCUT2D eigenvalue weighted by molar-refractivity contribution is 0.892. The van der Waals surface area contributed by atoms with Crippen LogP contribution in [-0.2, 0) is 0 Å². The Labute approximate surface area is 468 Å². The van der Waals surface area contributed by atoms with Crippen LogP contribution in [0.15, 0.2) is 267 Å². The minimum absolute atomic E-state index is 0.523. The SMILES string of the molecule is c1ccc(-c2nc(-n3c4ccccc4c4ccccc43)nc(-n3c4ccccc4c4c(-c5ccccc5-c5cccc6c5c5ccccc5n6-c5nc(-c6ccccc6)nc(-n6c7ccccc7c7ccccc76)n5)cccc43)n2)cc1. The summed E-state index contributed by atoms with van der Waals surface area (Å²) in [4.78, 5) is 32.1. The monoisotopic (exact) mass is 1050 g/mol. The standard InChI is InChI=1S/C72H44N10/c1-3-23-45(24-4-1)67-73-69(79-57-37-15-9-29-49(57)50-30-10-16-38-58(50)79)77-71(75-67)81-61-41-19-13-33-55(61)65-53(35-21-43-63(65)81)47-27-7-8-28-48(47)54-36-22-44-64-66(54)56-34-14-20-42-62(56)82(64)72-76-68(46-25-5-2-6-26-46)74-70(78-72)80-59-39-17-11-31-51(59)52-32-12-18-40-60(52)80/h1-44H. The van der Waals surface area contributed by atoms with Crippen molar-refractivity contribution in [2.24, 2.45) is 0 Å².